The molecule has 0 aliphatic carbocycles. The van der Waals surface area contributed by atoms with Gasteiger partial charge in [0, 0.05) is 11.0 Å². The molecule has 1 fully saturated rings. The van der Waals surface area contributed by atoms with Crippen molar-refractivity contribution >= 4 is 21.9 Å². The first-order chi connectivity index (χ1) is 8.72. The minimum atomic E-state index is -0.109. The molecule has 1 atom stereocenters. The van der Waals surface area contributed by atoms with Gasteiger partial charge in [0.25, 0.3) is 0 Å². The molecular formula is C14H18BrNO2. The predicted molar refractivity (Wildman–Crippen MR) is 74.2 cm³/mol. The summed E-state index contributed by atoms with van der Waals surface area (Å²) in [6, 6.07) is 8.06. The minimum absolute atomic E-state index is 0.0872. The van der Waals surface area contributed by atoms with E-state index in [0.717, 1.165) is 36.8 Å². The van der Waals surface area contributed by atoms with E-state index in [4.69, 9.17) is 4.74 Å². The number of piperidine rings is 1. The third kappa shape index (κ3) is 3.12. The molecule has 1 heterocycles. The number of hydrogen-bond acceptors (Lipinski definition) is 3. The number of carbonyl (C=O) groups is 1. The van der Waals surface area contributed by atoms with Gasteiger partial charge >= 0.3 is 5.97 Å². The van der Waals surface area contributed by atoms with Crippen LogP contribution >= 0.6 is 15.9 Å². The van der Waals surface area contributed by atoms with Gasteiger partial charge < -0.3 is 4.74 Å². The summed E-state index contributed by atoms with van der Waals surface area (Å²) in [4.78, 5) is 14.0. The number of ether oxygens (including phenoxy) is 1. The fourth-order valence-electron chi connectivity index (χ4n) is 2.43. The molecule has 1 aliphatic heterocycles. The van der Waals surface area contributed by atoms with Crippen LogP contribution in [-0.2, 0) is 16.1 Å². The monoisotopic (exact) mass is 311 g/mol. The number of carbonyl (C=O) groups excluding carboxylic acids is 1. The number of hydrogen-bond donors (Lipinski definition) is 0. The minimum Gasteiger partial charge on any atom is -0.468 e. The molecule has 4 heteroatoms. The summed E-state index contributed by atoms with van der Waals surface area (Å²) in [6.07, 6.45) is 3.15. The lowest BCUT2D eigenvalue weighted by Crippen LogP contribution is -2.44. The Morgan fingerprint density at radius 2 is 2.22 bits per heavy atom. The van der Waals surface area contributed by atoms with Gasteiger partial charge in [-0.2, -0.15) is 0 Å². The van der Waals surface area contributed by atoms with Crippen molar-refractivity contribution in [1.82, 2.24) is 4.90 Å². The van der Waals surface area contributed by atoms with E-state index in [1.165, 1.54) is 12.7 Å². The van der Waals surface area contributed by atoms with E-state index in [1.807, 2.05) is 18.2 Å². The van der Waals surface area contributed by atoms with Gasteiger partial charge in [-0.05, 0) is 31.0 Å². The Kier molecular flexibility index (Phi) is 4.78. The molecule has 2 rings (SSSR count). The van der Waals surface area contributed by atoms with Crippen molar-refractivity contribution < 1.29 is 9.53 Å². The third-order valence-corrected chi connectivity index (χ3v) is 4.19. The van der Waals surface area contributed by atoms with Gasteiger partial charge in [-0.3, -0.25) is 9.69 Å². The average Bonchev–Trinajstić information content (AvgIpc) is 2.41. The van der Waals surface area contributed by atoms with Gasteiger partial charge in [-0.1, -0.05) is 40.5 Å². The normalized spacial score (nSPS) is 20.7. The predicted octanol–water partition coefficient (Wildman–Crippen LogP) is 2.98. The highest BCUT2D eigenvalue weighted by Crippen LogP contribution is 2.24. The molecule has 0 N–H and O–H groups in total. The van der Waals surface area contributed by atoms with Crippen molar-refractivity contribution in [3.63, 3.8) is 0 Å². The fraction of sp³-hybridized carbons (Fsp3) is 0.500. The van der Waals surface area contributed by atoms with Crippen molar-refractivity contribution in [1.29, 1.82) is 0 Å². The molecule has 1 saturated heterocycles. The van der Waals surface area contributed by atoms with Crippen LogP contribution in [0.2, 0.25) is 0 Å². The summed E-state index contributed by atoms with van der Waals surface area (Å²) >= 11 is 3.55. The van der Waals surface area contributed by atoms with Crippen LogP contribution in [0.1, 0.15) is 24.8 Å². The number of methoxy groups -OCH3 is 1. The topological polar surface area (TPSA) is 29.5 Å². The Labute approximate surface area is 116 Å². The molecule has 18 heavy (non-hydrogen) atoms. The standard InChI is InChI=1S/C14H18BrNO2/c1-18-14(17)13-8-4-5-9-16(13)10-11-6-2-3-7-12(11)15/h2-3,6-7,13H,4-5,8-10H2,1H3. The first-order valence-electron chi connectivity index (χ1n) is 6.27. The van der Waals surface area contributed by atoms with Gasteiger partial charge in [-0.15, -0.1) is 0 Å². The zero-order chi connectivity index (χ0) is 13.0. The van der Waals surface area contributed by atoms with Crippen molar-refractivity contribution in [2.45, 2.75) is 31.8 Å². The molecule has 0 spiro atoms. The molecule has 98 valence electrons. The molecule has 1 aromatic rings. The molecule has 1 unspecified atom stereocenters. The molecule has 1 aromatic carbocycles. The molecule has 1 aliphatic rings. The number of benzene rings is 1. The molecule has 0 amide bonds. The lowest BCUT2D eigenvalue weighted by atomic mass is 10.0. The largest absolute Gasteiger partial charge is 0.468 e. The summed E-state index contributed by atoms with van der Waals surface area (Å²) in [7, 11) is 1.47. The highest BCUT2D eigenvalue weighted by Gasteiger charge is 2.29. The van der Waals surface area contributed by atoms with Crippen LogP contribution in [0, 0.1) is 0 Å². The number of likely N-dealkylation sites (tertiary alicyclic amines) is 1. The second-order valence-electron chi connectivity index (χ2n) is 4.60. The molecule has 0 saturated carbocycles. The second kappa shape index (κ2) is 6.34. The maximum Gasteiger partial charge on any atom is 0.323 e. The van der Waals surface area contributed by atoms with Crippen LogP contribution in [0.15, 0.2) is 28.7 Å². The van der Waals surface area contributed by atoms with E-state index in [0.29, 0.717) is 0 Å². The van der Waals surface area contributed by atoms with Gasteiger partial charge in [0.15, 0.2) is 0 Å². The Bertz CT molecular complexity index is 422. The summed E-state index contributed by atoms with van der Waals surface area (Å²) in [6.45, 7) is 1.75. The average molecular weight is 312 g/mol. The molecule has 3 nitrogen and oxygen atoms in total. The Balaban J connectivity index is 2.10. The van der Waals surface area contributed by atoms with Crippen LogP contribution in [-0.4, -0.2) is 30.6 Å². The molecule has 0 aromatic heterocycles. The maximum absolute atomic E-state index is 11.8. The lowest BCUT2D eigenvalue weighted by Gasteiger charge is -2.33. The van der Waals surface area contributed by atoms with E-state index in [2.05, 4.69) is 26.9 Å². The molecular weight excluding hydrogens is 294 g/mol. The van der Waals surface area contributed by atoms with Crippen molar-refractivity contribution in [3.8, 4) is 0 Å². The third-order valence-electron chi connectivity index (χ3n) is 3.42. The SMILES string of the molecule is COC(=O)C1CCCCN1Cc1ccccc1Br. The van der Waals surface area contributed by atoms with Crippen molar-refractivity contribution in [2.24, 2.45) is 0 Å². The zero-order valence-corrected chi connectivity index (χ0v) is 12.1. The van der Waals surface area contributed by atoms with E-state index in [-0.39, 0.29) is 12.0 Å². The fourth-order valence-corrected chi connectivity index (χ4v) is 2.84. The first-order valence-corrected chi connectivity index (χ1v) is 7.07. The summed E-state index contributed by atoms with van der Waals surface area (Å²) in [5, 5.41) is 0. The number of halogens is 1. The highest BCUT2D eigenvalue weighted by atomic mass is 79.9. The van der Waals surface area contributed by atoms with E-state index in [1.54, 1.807) is 0 Å². The van der Waals surface area contributed by atoms with Crippen molar-refractivity contribution in [2.75, 3.05) is 13.7 Å². The van der Waals surface area contributed by atoms with Crippen LogP contribution < -0.4 is 0 Å². The van der Waals surface area contributed by atoms with Crippen LogP contribution in [0.25, 0.3) is 0 Å². The maximum atomic E-state index is 11.8. The Hall–Kier alpha value is -0.870. The summed E-state index contributed by atoms with van der Waals surface area (Å²) in [5.74, 6) is -0.109. The van der Waals surface area contributed by atoms with Crippen LogP contribution in [0.3, 0.4) is 0 Å². The lowest BCUT2D eigenvalue weighted by molar-refractivity contribution is -0.148. The smallest absolute Gasteiger partial charge is 0.323 e. The number of nitrogens with zero attached hydrogens (tertiary/aromatic N) is 1. The first kappa shape index (κ1) is 13.6. The summed E-state index contributed by atoms with van der Waals surface area (Å²) in [5.41, 5.74) is 1.22. The summed E-state index contributed by atoms with van der Waals surface area (Å²) < 4.78 is 5.99. The highest BCUT2D eigenvalue weighted by molar-refractivity contribution is 9.10. The van der Waals surface area contributed by atoms with Gasteiger partial charge in [0.1, 0.15) is 6.04 Å². The zero-order valence-electron chi connectivity index (χ0n) is 10.6. The second-order valence-corrected chi connectivity index (χ2v) is 5.45. The number of rotatable bonds is 3. The van der Waals surface area contributed by atoms with Gasteiger partial charge in [-0.25, -0.2) is 0 Å². The number of esters is 1. The van der Waals surface area contributed by atoms with E-state index >= 15 is 0 Å². The van der Waals surface area contributed by atoms with Gasteiger partial charge in [0.05, 0.1) is 7.11 Å². The van der Waals surface area contributed by atoms with Crippen molar-refractivity contribution in [3.05, 3.63) is 34.3 Å². The van der Waals surface area contributed by atoms with Crippen LogP contribution in [0.4, 0.5) is 0 Å². The molecule has 0 radical (unpaired) electrons. The van der Waals surface area contributed by atoms with Gasteiger partial charge in [0.2, 0.25) is 0 Å². The van der Waals surface area contributed by atoms with E-state index < -0.39 is 0 Å². The quantitative estimate of drug-likeness (QED) is 0.804. The Morgan fingerprint density at radius 1 is 1.44 bits per heavy atom. The molecule has 0 bridgehead atoms. The van der Waals surface area contributed by atoms with E-state index in [9.17, 15) is 4.79 Å². The van der Waals surface area contributed by atoms with Crippen LogP contribution in [0.5, 0.6) is 0 Å². The Morgan fingerprint density at radius 3 is 2.94 bits per heavy atom.